The zero-order valence-corrected chi connectivity index (χ0v) is 31.3. The Morgan fingerprint density at radius 2 is 1.58 bits per heavy atom. The number of carbonyl (C=O) groups excluding carboxylic acids is 7. The number of amides is 3. The van der Waals surface area contributed by atoms with Crippen LogP contribution < -0.4 is 10.6 Å². The maximum Gasteiger partial charge on any atom is 0.243 e. The molecular formula is C39H55N5O8. The SMILES string of the molecule is CC(=O)C[C@H](C)[C@H](CC(=O)[C@H](CO)NC(=O)[C@@H](CC(=O)[C@H](CC(C)C)NC(=O)[C@@H]1CCCN1C(C)=O)Cc1cncn1Cc1ccccc1)C(C)=O. The molecule has 13 heteroatoms. The zero-order chi connectivity index (χ0) is 38.5. The first kappa shape index (κ1) is 41.9. The molecule has 1 aliphatic heterocycles. The van der Waals surface area contributed by atoms with Crippen LogP contribution in [0.3, 0.4) is 0 Å². The van der Waals surface area contributed by atoms with Crippen LogP contribution in [0.15, 0.2) is 42.9 Å². The molecule has 3 amide bonds. The van der Waals surface area contributed by atoms with Gasteiger partial charge in [-0.3, -0.25) is 28.8 Å². The van der Waals surface area contributed by atoms with Crippen LogP contribution in [0.1, 0.15) is 91.3 Å². The van der Waals surface area contributed by atoms with Gasteiger partial charge in [0.1, 0.15) is 23.7 Å². The van der Waals surface area contributed by atoms with Crippen LogP contribution in [0, 0.1) is 23.7 Å². The number of hydrogen-bond donors (Lipinski definition) is 3. The summed E-state index contributed by atoms with van der Waals surface area (Å²) in [5.74, 6) is -4.83. The monoisotopic (exact) mass is 721 g/mol. The van der Waals surface area contributed by atoms with Crippen molar-refractivity contribution in [3.63, 3.8) is 0 Å². The van der Waals surface area contributed by atoms with Crippen molar-refractivity contribution in [3.05, 3.63) is 54.1 Å². The fraction of sp³-hybridized carbons (Fsp3) is 0.590. The number of ketones is 4. The Hall–Kier alpha value is -4.52. The van der Waals surface area contributed by atoms with Gasteiger partial charge in [0.15, 0.2) is 11.6 Å². The molecule has 0 unspecified atom stereocenters. The topological polar surface area (TPSA) is 185 Å². The average molecular weight is 722 g/mol. The summed E-state index contributed by atoms with van der Waals surface area (Å²) in [5, 5.41) is 15.7. The minimum absolute atomic E-state index is 0.0114. The van der Waals surface area contributed by atoms with Crippen LogP contribution in [0.4, 0.5) is 0 Å². The van der Waals surface area contributed by atoms with E-state index >= 15 is 0 Å². The fourth-order valence-corrected chi connectivity index (χ4v) is 6.98. The average Bonchev–Trinajstić information content (AvgIpc) is 3.75. The number of nitrogens with one attached hydrogen (secondary N) is 2. The van der Waals surface area contributed by atoms with Crippen LogP contribution in [0.25, 0.3) is 0 Å². The van der Waals surface area contributed by atoms with Gasteiger partial charge in [-0.25, -0.2) is 4.98 Å². The molecular weight excluding hydrogens is 666 g/mol. The van der Waals surface area contributed by atoms with Crippen LogP contribution in [0.5, 0.6) is 0 Å². The molecule has 0 bridgehead atoms. The lowest BCUT2D eigenvalue weighted by molar-refractivity contribution is -0.138. The highest BCUT2D eigenvalue weighted by Gasteiger charge is 2.37. The van der Waals surface area contributed by atoms with Gasteiger partial charge in [-0.05, 0) is 50.5 Å². The van der Waals surface area contributed by atoms with Crippen molar-refractivity contribution in [3.8, 4) is 0 Å². The summed E-state index contributed by atoms with van der Waals surface area (Å²) in [6, 6.07) is 6.68. The summed E-state index contributed by atoms with van der Waals surface area (Å²) in [5.41, 5.74) is 1.65. The molecule has 0 radical (unpaired) electrons. The summed E-state index contributed by atoms with van der Waals surface area (Å²) >= 11 is 0. The number of hydrogen-bond acceptors (Lipinski definition) is 9. The lowest BCUT2D eigenvalue weighted by Crippen LogP contribution is -2.52. The summed E-state index contributed by atoms with van der Waals surface area (Å²) in [6.07, 6.45) is 4.31. The smallest absolute Gasteiger partial charge is 0.243 e. The minimum atomic E-state index is -1.35. The van der Waals surface area contributed by atoms with Crippen molar-refractivity contribution >= 4 is 40.9 Å². The van der Waals surface area contributed by atoms with Crippen LogP contribution >= 0.6 is 0 Å². The van der Waals surface area contributed by atoms with Crippen molar-refractivity contribution < 1.29 is 38.7 Å². The summed E-state index contributed by atoms with van der Waals surface area (Å²) < 4.78 is 1.87. The maximum absolute atomic E-state index is 14.1. The lowest BCUT2D eigenvalue weighted by Gasteiger charge is -2.27. The molecule has 52 heavy (non-hydrogen) atoms. The number of likely N-dealkylation sites (tertiary alicyclic amines) is 1. The van der Waals surface area contributed by atoms with Crippen molar-refractivity contribution in [2.75, 3.05) is 13.2 Å². The van der Waals surface area contributed by atoms with Crippen molar-refractivity contribution in [1.29, 1.82) is 0 Å². The number of aliphatic hydroxyl groups is 1. The predicted octanol–water partition coefficient (Wildman–Crippen LogP) is 2.85. The first-order valence-corrected chi connectivity index (χ1v) is 18.2. The number of rotatable bonds is 21. The number of Topliss-reactive ketones (excluding diaryl/α,β-unsaturated/α-hetero) is 4. The molecule has 3 N–H and O–H groups in total. The third-order valence-electron chi connectivity index (χ3n) is 9.77. The van der Waals surface area contributed by atoms with E-state index in [1.54, 1.807) is 19.4 Å². The molecule has 0 saturated carbocycles. The quantitative estimate of drug-likeness (QED) is 0.174. The molecule has 3 rings (SSSR count). The van der Waals surface area contributed by atoms with E-state index in [1.807, 2.05) is 48.7 Å². The number of imidazole rings is 1. The van der Waals surface area contributed by atoms with Gasteiger partial charge >= 0.3 is 0 Å². The Labute approximate surface area is 306 Å². The highest BCUT2D eigenvalue weighted by atomic mass is 16.3. The van der Waals surface area contributed by atoms with E-state index in [1.165, 1.54) is 25.7 Å². The minimum Gasteiger partial charge on any atom is -0.394 e. The number of nitrogens with zero attached hydrogens (tertiary/aromatic N) is 3. The zero-order valence-electron chi connectivity index (χ0n) is 31.3. The summed E-state index contributed by atoms with van der Waals surface area (Å²) in [4.78, 5) is 97.0. The van der Waals surface area contributed by atoms with Crippen molar-refractivity contribution in [2.45, 2.75) is 111 Å². The predicted molar refractivity (Wildman–Crippen MR) is 194 cm³/mol. The Morgan fingerprint density at radius 1 is 0.904 bits per heavy atom. The second kappa shape index (κ2) is 19.9. The van der Waals surface area contributed by atoms with Gasteiger partial charge in [-0.2, -0.15) is 0 Å². The molecule has 13 nitrogen and oxygen atoms in total. The molecule has 1 aliphatic rings. The van der Waals surface area contributed by atoms with Crippen LogP contribution in [0.2, 0.25) is 0 Å². The van der Waals surface area contributed by atoms with Gasteiger partial charge in [-0.1, -0.05) is 51.1 Å². The second-order valence-electron chi connectivity index (χ2n) is 14.6. The highest BCUT2D eigenvalue weighted by molar-refractivity contribution is 5.96. The van der Waals surface area contributed by atoms with Gasteiger partial charge < -0.3 is 30.0 Å². The Kier molecular flexibility index (Phi) is 16.0. The molecule has 6 atom stereocenters. The highest BCUT2D eigenvalue weighted by Crippen LogP contribution is 2.24. The molecule has 1 fully saturated rings. The van der Waals surface area contributed by atoms with Crippen molar-refractivity contribution in [1.82, 2.24) is 25.1 Å². The van der Waals surface area contributed by atoms with Crippen molar-refractivity contribution in [2.24, 2.45) is 23.7 Å². The molecule has 1 aromatic carbocycles. The van der Waals surface area contributed by atoms with Crippen LogP contribution in [-0.2, 0) is 46.5 Å². The Morgan fingerprint density at radius 3 is 2.17 bits per heavy atom. The van der Waals surface area contributed by atoms with E-state index in [0.29, 0.717) is 38.0 Å². The molecule has 284 valence electrons. The Balaban J connectivity index is 1.88. The number of carbonyl (C=O) groups is 7. The van der Waals surface area contributed by atoms with E-state index < -0.39 is 60.1 Å². The molecule has 1 aromatic heterocycles. The summed E-state index contributed by atoms with van der Waals surface area (Å²) in [7, 11) is 0. The third kappa shape index (κ3) is 12.3. The summed E-state index contributed by atoms with van der Waals surface area (Å²) in [6.45, 7) is 9.89. The van der Waals surface area contributed by atoms with E-state index in [9.17, 15) is 38.7 Å². The van der Waals surface area contributed by atoms with Crippen LogP contribution in [-0.4, -0.2) is 91.7 Å². The molecule has 2 aromatic rings. The normalized spacial score (nSPS) is 17.2. The van der Waals surface area contributed by atoms with E-state index in [0.717, 1.165) is 5.56 Å². The van der Waals surface area contributed by atoms with E-state index in [-0.39, 0.29) is 54.9 Å². The first-order valence-electron chi connectivity index (χ1n) is 18.2. The van der Waals surface area contributed by atoms with Gasteiger partial charge in [0, 0.05) is 63.5 Å². The lowest BCUT2D eigenvalue weighted by atomic mass is 9.82. The Bertz CT molecular complexity index is 1570. The van der Waals surface area contributed by atoms with E-state index in [4.69, 9.17) is 0 Å². The largest absolute Gasteiger partial charge is 0.394 e. The van der Waals surface area contributed by atoms with Gasteiger partial charge in [0.05, 0.1) is 24.9 Å². The standard InChI is InChI=1S/C39H55N5O8/c1-24(2)15-33(41-39(52)35-13-10-14-44(35)28(6)48)36(49)18-30(17-31-20-40-23-43(31)21-29-11-8-7-9-12-29)38(51)42-34(22-45)37(50)19-32(27(5)47)25(3)16-26(4)46/h7-9,11-12,20,23-25,30,32-35,45H,10,13-19,21-22H2,1-6H3,(H,41,52)(H,42,51)/t25-,30+,32-,33-,34-,35-/m0/s1. The molecule has 2 heterocycles. The number of aliphatic hydroxyl groups excluding tert-OH is 1. The number of aromatic nitrogens is 2. The number of benzene rings is 1. The molecule has 0 aliphatic carbocycles. The van der Waals surface area contributed by atoms with E-state index in [2.05, 4.69) is 15.6 Å². The molecule has 0 spiro atoms. The first-order chi connectivity index (χ1) is 24.6. The second-order valence-corrected chi connectivity index (χ2v) is 14.6. The van der Waals surface area contributed by atoms with Gasteiger partial charge in [-0.15, -0.1) is 0 Å². The molecule has 1 saturated heterocycles. The fourth-order valence-electron chi connectivity index (χ4n) is 6.98. The third-order valence-corrected chi connectivity index (χ3v) is 9.77. The van der Waals surface area contributed by atoms with Gasteiger partial charge in [0.25, 0.3) is 0 Å². The maximum atomic E-state index is 14.1. The van der Waals surface area contributed by atoms with Gasteiger partial charge in [0.2, 0.25) is 17.7 Å².